The van der Waals surface area contributed by atoms with Gasteiger partial charge in [0.2, 0.25) is 5.13 Å². The second-order valence-corrected chi connectivity index (χ2v) is 4.95. The van der Waals surface area contributed by atoms with E-state index in [9.17, 15) is 0 Å². The third-order valence-electron chi connectivity index (χ3n) is 2.02. The van der Waals surface area contributed by atoms with Crippen LogP contribution in [0.15, 0.2) is 18.2 Å². The Balaban J connectivity index is 2.35. The summed E-state index contributed by atoms with van der Waals surface area (Å²) in [6.45, 7) is 1.83. The number of aromatic nitrogens is 2. The number of nitrogens with one attached hydrogen (secondary N) is 1. The molecule has 7 heteroatoms. The first-order valence-electron chi connectivity index (χ1n) is 4.73. The van der Waals surface area contributed by atoms with E-state index in [1.807, 2.05) is 13.0 Å². The molecule has 2 rings (SSSR count). The molecule has 0 unspecified atom stereocenters. The molecule has 0 spiro atoms. The highest BCUT2D eigenvalue weighted by Crippen LogP contribution is 2.25. The third-order valence-corrected chi connectivity index (χ3v) is 3.19. The van der Waals surface area contributed by atoms with Crippen molar-refractivity contribution in [2.75, 3.05) is 5.32 Å². The molecule has 4 nitrogen and oxygen atoms in total. The molecule has 0 amide bonds. The van der Waals surface area contributed by atoms with E-state index in [-0.39, 0.29) is 4.99 Å². The zero-order chi connectivity index (χ0) is 12.4. The highest BCUT2D eigenvalue weighted by Gasteiger charge is 2.08. The molecular formula is C10H9ClN4S2. The average molecular weight is 285 g/mol. The summed E-state index contributed by atoms with van der Waals surface area (Å²) in [5.74, 6) is 0.725. The topological polar surface area (TPSA) is 63.8 Å². The van der Waals surface area contributed by atoms with Gasteiger partial charge in [0.15, 0.2) is 0 Å². The fourth-order valence-electron chi connectivity index (χ4n) is 1.29. The molecule has 2 aromatic rings. The molecule has 1 aromatic heterocycles. The first-order valence-corrected chi connectivity index (χ1v) is 6.29. The minimum Gasteiger partial charge on any atom is -0.389 e. The second kappa shape index (κ2) is 4.95. The summed E-state index contributed by atoms with van der Waals surface area (Å²) in [5, 5.41) is 4.41. The molecule has 1 heterocycles. The molecule has 0 aliphatic carbocycles. The van der Waals surface area contributed by atoms with Crippen LogP contribution in [-0.4, -0.2) is 14.3 Å². The number of benzene rings is 1. The van der Waals surface area contributed by atoms with Crippen molar-refractivity contribution in [2.24, 2.45) is 5.73 Å². The molecule has 88 valence electrons. The van der Waals surface area contributed by atoms with Crippen molar-refractivity contribution < 1.29 is 0 Å². The Bertz CT molecular complexity index is 567. The van der Waals surface area contributed by atoms with Crippen molar-refractivity contribution in [1.82, 2.24) is 9.36 Å². The van der Waals surface area contributed by atoms with Gasteiger partial charge in [-0.3, -0.25) is 0 Å². The van der Waals surface area contributed by atoms with Crippen molar-refractivity contribution in [1.29, 1.82) is 0 Å². The number of rotatable bonds is 3. The lowest BCUT2D eigenvalue weighted by molar-refractivity contribution is 1.17. The summed E-state index contributed by atoms with van der Waals surface area (Å²) in [5.41, 5.74) is 7.11. The minimum absolute atomic E-state index is 0.288. The van der Waals surface area contributed by atoms with Gasteiger partial charge in [-0.1, -0.05) is 23.8 Å². The zero-order valence-corrected chi connectivity index (χ0v) is 11.3. The smallest absolute Gasteiger partial charge is 0.207 e. The van der Waals surface area contributed by atoms with E-state index >= 15 is 0 Å². The fourth-order valence-corrected chi connectivity index (χ4v) is 2.22. The fraction of sp³-hybridized carbons (Fsp3) is 0.100. The predicted octanol–water partition coefficient (Wildman–Crippen LogP) is 2.88. The van der Waals surface area contributed by atoms with E-state index in [0.29, 0.717) is 15.7 Å². The van der Waals surface area contributed by atoms with Crippen LogP contribution in [0.3, 0.4) is 0 Å². The maximum Gasteiger partial charge on any atom is 0.207 e. The van der Waals surface area contributed by atoms with Crippen LogP contribution in [0, 0.1) is 6.92 Å². The highest BCUT2D eigenvalue weighted by atomic mass is 35.5. The summed E-state index contributed by atoms with van der Waals surface area (Å²) < 4.78 is 4.08. The largest absolute Gasteiger partial charge is 0.389 e. The van der Waals surface area contributed by atoms with Crippen molar-refractivity contribution in [3.05, 3.63) is 34.6 Å². The lowest BCUT2D eigenvalue weighted by Gasteiger charge is -2.08. The maximum atomic E-state index is 5.90. The molecule has 0 aliphatic heterocycles. The Morgan fingerprint density at radius 1 is 1.53 bits per heavy atom. The van der Waals surface area contributed by atoms with Crippen LogP contribution >= 0.6 is 35.4 Å². The molecule has 0 bridgehead atoms. The summed E-state index contributed by atoms with van der Waals surface area (Å²) >= 11 is 12.2. The number of anilines is 2. The van der Waals surface area contributed by atoms with Crippen LogP contribution < -0.4 is 11.1 Å². The Morgan fingerprint density at radius 3 is 2.88 bits per heavy atom. The van der Waals surface area contributed by atoms with Gasteiger partial charge in [-0.15, -0.1) is 0 Å². The first kappa shape index (κ1) is 12.2. The summed E-state index contributed by atoms with van der Waals surface area (Å²) in [6, 6.07) is 5.30. The van der Waals surface area contributed by atoms with Crippen LogP contribution in [0.4, 0.5) is 10.8 Å². The van der Waals surface area contributed by atoms with E-state index in [4.69, 9.17) is 29.6 Å². The van der Waals surface area contributed by atoms with Gasteiger partial charge >= 0.3 is 0 Å². The second-order valence-electron chi connectivity index (χ2n) is 3.33. The molecule has 0 saturated heterocycles. The minimum atomic E-state index is 0.288. The molecule has 1 aromatic carbocycles. The van der Waals surface area contributed by atoms with Crippen LogP contribution in [0.1, 0.15) is 11.4 Å². The molecule has 0 atom stereocenters. The lowest BCUT2D eigenvalue weighted by atomic mass is 10.2. The number of hydrogen-bond acceptors (Lipinski definition) is 5. The van der Waals surface area contributed by atoms with E-state index in [1.165, 1.54) is 11.5 Å². The SMILES string of the molecule is Cc1nsc(Nc2ccc(Cl)cc2C(N)=S)n1. The Morgan fingerprint density at radius 2 is 2.29 bits per heavy atom. The van der Waals surface area contributed by atoms with Gasteiger partial charge in [0.05, 0.1) is 5.69 Å². The normalized spacial score (nSPS) is 10.2. The van der Waals surface area contributed by atoms with Gasteiger partial charge < -0.3 is 11.1 Å². The average Bonchev–Trinajstić information content (AvgIpc) is 2.66. The molecule has 17 heavy (non-hydrogen) atoms. The van der Waals surface area contributed by atoms with Crippen molar-refractivity contribution >= 4 is 51.2 Å². The molecular weight excluding hydrogens is 276 g/mol. The summed E-state index contributed by atoms with van der Waals surface area (Å²) in [7, 11) is 0. The molecule has 0 radical (unpaired) electrons. The standard InChI is InChI=1S/C10H9ClN4S2/c1-5-13-10(17-15-5)14-8-3-2-6(11)4-7(8)9(12)16/h2-4H,1H3,(H2,12,16)(H,13,14,15). The Labute approximate surface area is 113 Å². The molecule has 3 N–H and O–H groups in total. The van der Waals surface area contributed by atoms with E-state index in [1.54, 1.807) is 12.1 Å². The number of hydrogen-bond donors (Lipinski definition) is 2. The summed E-state index contributed by atoms with van der Waals surface area (Å²) in [4.78, 5) is 4.50. The Kier molecular flexibility index (Phi) is 3.56. The molecule has 0 aliphatic rings. The monoisotopic (exact) mass is 284 g/mol. The number of thiocarbonyl (C=S) groups is 1. The third kappa shape index (κ3) is 2.91. The van der Waals surface area contributed by atoms with Crippen molar-refractivity contribution in [3.63, 3.8) is 0 Å². The molecule has 0 fully saturated rings. The van der Waals surface area contributed by atoms with Gasteiger partial charge in [0.25, 0.3) is 0 Å². The number of nitrogens with two attached hydrogens (primary N) is 1. The maximum absolute atomic E-state index is 5.90. The van der Waals surface area contributed by atoms with Crippen LogP contribution in [0.5, 0.6) is 0 Å². The zero-order valence-electron chi connectivity index (χ0n) is 8.90. The predicted molar refractivity (Wildman–Crippen MR) is 75.3 cm³/mol. The van der Waals surface area contributed by atoms with Gasteiger partial charge in [-0.05, 0) is 25.1 Å². The van der Waals surface area contributed by atoms with Gasteiger partial charge in [0.1, 0.15) is 10.8 Å². The van der Waals surface area contributed by atoms with Crippen LogP contribution in [0.25, 0.3) is 0 Å². The number of aryl methyl sites for hydroxylation is 1. The van der Waals surface area contributed by atoms with Gasteiger partial charge in [-0.25, -0.2) is 4.98 Å². The van der Waals surface area contributed by atoms with Crippen LogP contribution in [0.2, 0.25) is 5.02 Å². The van der Waals surface area contributed by atoms with Crippen molar-refractivity contribution in [2.45, 2.75) is 6.92 Å². The number of halogens is 1. The van der Waals surface area contributed by atoms with Gasteiger partial charge in [-0.2, -0.15) is 4.37 Å². The van der Waals surface area contributed by atoms with Gasteiger partial charge in [0, 0.05) is 22.1 Å². The lowest BCUT2D eigenvalue weighted by Crippen LogP contribution is -2.11. The van der Waals surface area contributed by atoms with E-state index in [2.05, 4.69) is 14.7 Å². The summed E-state index contributed by atoms with van der Waals surface area (Å²) in [6.07, 6.45) is 0. The Hall–Kier alpha value is -1.24. The highest BCUT2D eigenvalue weighted by molar-refractivity contribution is 7.80. The first-order chi connectivity index (χ1) is 8.06. The van der Waals surface area contributed by atoms with E-state index in [0.717, 1.165) is 11.5 Å². The van der Waals surface area contributed by atoms with Crippen molar-refractivity contribution in [3.8, 4) is 0 Å². The quantitative estimate of drug-likeness (QED) is 0.849. The van der Waals surface area contributed by atoms with Crippen LogP contribution in [-0.2, 0) is 0 Å². The van der Waals surface area contributed by atoms with E-state index < -0.39 is 0 Å². The number of nitrogens with zero attached hydrogens (tertiary/aromatic N) is 2. The molecule has 0 saturated carbocycles.